The minimum Gasteiger partial charge on any atom is -0.479 e. The molecule has 2 saturated heterocycles. The molecule has 0 aromatic heterocycles. The number of carbonyl (C=O) groups is 3. The summed E-state index contributed by atoms with van der Waals surface area (Å²) in [6.45, 7) is 1.99. The molecule has 1 saturated carbocycles. The van der Waals surface area contributed by atoms with Gasteiger partial charge in [-0.3, -0.25) is 9.59 Å². The number of amides is 2. The van der Waals surface area contributed by atoms with Gasteiger partial charge >= 0.3 is 5.97 Å². The van der Waals surface area contributed by atoms with Crippen molar-refractivity contribution in [2.75, 3.05) is 32.8 Å². The maximum absolute atomic E-state index is 12.6. The first kappa shape index (κ1) is 15.3. The molecule has 2 heterocycles. The molecule has 2 amide bonds. The van der Waals surface area contributed by atoms with Crippen LogP contribution in [0.1, 0.15) is 25.7 Å². The molecule has 0 radical (unpaired) electrons. The molecular weight excluding hydrogens is 288 g/mol. The van der Waals surface area contributed by atoms with Crippen LogP contribution in [0.3, 0.4) is 0 Å². The summed E-state index contributed by atoms with van der Waals surface area (Å²) in [4.78, 5) is 39.2. The number of morpholine rings is 1. The SMILES string of the molecule is O=C(O)C1CN(C(=O)C2CCCN(C(=O)C3CC3)C2)CCO1. The predicted octanol–water partition coefficient (Wildman–Crippen LogP) is -0.0530. The number of carbonyl (C=O) groups excluding carboxylic acids is 2. The number of carboxylic acid groups (broad SMARTS) is 1. The van der Waals surface area contributed by atoms with Crippen LogP contribution in [0.2, 0.25) is 0 Å². The van der Waals surface area contributed by atoms with E-state index in [1.807, 2.05) is 4.90 Å². The van der Waals surface area contributed by atoms with E-state index in [9.17, 15) is 14.4 Å². The van der Waals surface area contributed by atoms with Gasteiger partial charge in [0.1, 0.15) is 0 Å². The number of likely N-dealkylation sites (tertiary alicyclic amines) is 1. The Morgan fingerprint density at radius 1 is 0.909 bits per heavy atom. The normalized spacial score (nSPS) is 29.3. The Morgan fingerprint density at radius 2 is 1.59 bits per heavy atom. The van der Waals surface area contributed by atoms with E-state index < -0.39 is 12.1 Å². The van der Waals surface area contributed by atoms with E-state index in [0.717, 1.165) is 32.2 Å². The highest BCUT2D eigenvalue weighted by atomic mass is 16.5. The van der Waals surface area contributed by atoms with Crippen LogP contribution in [0, 0.1) is 11.8 Å². The molecule has 1 aliphatic carbocycles. The highest BCUT2D eigenvalue weighted by molar-refractivity contribution is 5.84. The van der Waals surface area contributed by atoms with Crippen LogP contribution in [0.5, 0.6) is 0 Å². The van der Waals surface area contributed by atoms with E-state index in [4.69, 9.17) is 9.84 Å². The average Bonchev–Trinajstić information content (AvgIpc) is 3.38. The highest BCUT2D eigenvalue weighted by Gasteiger charge is 2.38. The van der Waals surface area contributed by atoms with Crippen molar-refractivity contribution in [2.24, 2.45) is 11.8 Å². The molecule has 0 aromatic rings. The standard InChI is InChI=1S/C15H22N2O5/c18-13(10-3-4-10)16-5-1-2-11(8-16)14(19)17-6-7-22-12(9-17)15(20)21/h10-12H,1-9H2,(H,20,21). The monoisotopic (exact) mass is 310 g/mol. The molecule has 2 atom stereocenters. The molecule has 1 N–H and O–H groups in total. The van der Waals surface area contributed by atoms with Gasteiger partial charge in [-0.25, -0.2) is 4.79 Å². The fourth-order valence-electron chi connectivity index (χ4n) is 3.22. The van der Waals surface area contributed by atoms with Gasteiger partial charge in [0.2, 0.25) is 11.8 Å². The van der Waals surface area contributed by atoms with E-state index in [0.29, 0.717) is 13.1 Å². The second-order valence-corrected chi connectivity index (χ2v) is 6.38. The van der Waals surface area contributed by atoms with Gasteiger partial charge in [-0.2, -0.15) is 0 Å². The first-order valence-electron chi connectivity index (χ1n) is 7.98. The summed E-state index contributed by atoms with van der Waals surface area (Å²) in [5.41, 5.74) is 0. The Bertz CT molecular complexity index is 477. The van der Waals surface area contributed by atoms with E-state index in [-0.39, 0.29) is 36.8 Å². The van der Waals surface area contributed by atoms with Crippen LogP contribution in [0.4, 0.5) is 0 Å². The topological polar surface area (TPSA) is 87.2 Å². The summed E-state index contributed by atoms with van der Waals surface area (Å²) in [7, 11) is 0. The van der Waals surface area contributed by atoms with Gasteiger partial charge in [0.25, 0.3) is 0 Å². The number of aliphatic carboxylic acids is 1. The largest absolute Gasteiger partial charge is 0.479 e. The molecular formula is C15H22N2O5. The summed E-state index contributed by atoms with van der Waals surface area (Å²) in [5, 5.41) is 9.02. The van der Waals surface area contributed by atoms with Crippen molar-refractivity contribution in [1.29, 1.82) is 0 Å². The summed E-state index contributed by atoms with van der Waals surface area (Å²) in [5.74, 6) is -0.921. The van der Waals surface area contributed by atoms with Crippen molar-refractivity contribution >= 4 is 17.8 Å². The van der Waals surface area contributed by atoms with Crippen LogP contribution >= 0.6 is 0 Å². The third-order valence-corrected chi connectivity index (χ3v) is 4.66. The fourth-order valence-corrected chi connectivity index (χ4v) is 3.22. The van der Waals surface area contributed by atoms with Crippen molar-refractivity contribution in [3.05, 3.63) is 0 Å². The van der Waals surface area contributed by atoms with Crippen molar-refractivity contribution in [1.82, 2.24) is 9.80 Å². The maximum Gasteiger partial charge on any atom is 0.334 e. The van der Waals surface area contributed by atoms with E-state index in [1.165, 1.54) is 0 Å². The third-order valence-electron chi connectivity index (χ3n) is 4.66. The number of hydrogen-bond acceptors (Lipinski definition) is 4. The number of nitrogens with zero attached hydrogens (tertiary/aromatic N) is 2. The molecule has 7 nitrogen and oxygen atoms in total. The van der Waals surface area contributed by atoms with Gasteiger partial charge in [0, 0.05) is 25.6 Å². The molecule has 2 aliphatic heterocycles. The smallest absolute Gasteiger partial charge is 0.334 e. The first-order valence-corrected chi connectivity index (χ1v) is 7.98. The van der Waals surface area contributed by atoms with Crippen molar-refractivity contribution in [3.8, 4) is 0 Å². The molecule has 22 heavy (non-hydrogen) atoms. The van der Waals surface area contributed by atoms with Crippen LogP contribution in [0.15, 0.2) is 0 Å². The lowest BCUT2D eigenvalue weighted by atomic mass is 9.95. The number of ether oxygens (including phenoxy) is 1. The zero-order valence-corrected chi connectivity index (χ0v) is 12.6. The molecule has 122 valence electrons. The first-order chi connectivity index (χ1) is 10.6. The Kier molecular flexibility index (Phi) is 4.33. The molecule has 7 heteroatoms. The van der Waals surface area contributed by atoms with Crippen LogP contribution < -0.4 is 0 Å². The fraction of sp³-hybridized carbons (Fsp3) is 0.800. The number of hydrogen-bond donors (Lipinski definition) is 1. The van der Waals surface area contributed by atoms with Crippen molar-refractivity contribution < 1.29 is 24.2 Å². The Morgan fingerprint density at radius 3 is 2.27 bits per heavy atom. The van der Waals surface area contributed by atoms with Crippen molar-refractivity contribution in [2.45, 2.75) is 31.8 Å². The summed E-state index contributed by atoms with van der Waals surface area (Å²) < 4.78 is 5.15. The molecule has 3 fully saturated rings. The molecule has 3 aliphatic rings. The Hall–Kier alpha value is -1.63. The number of piperidine rings is 1. The average molecular weight is 310 g/mol. The zero-order valence-electron chi connectivity index (χ0n) is 12.6. The van der Waals surface area contributed by atoms with Gasteiger partial charge in [-0.15, -0.1) is 0 Å². The molecule has 0 bridgehead atoms. The number of carboxylic acids is 1. The lowest BCUT2D eigenvalue weighted by Crippen LogP contribution is -2.53. The van der Waals surface area contributed by atoms with Crippen LogP contribution in [0.25, 0.3) is 0 Å². The molecule has 0 aromatic carbocycles. The second kappa shape index (κ2) is 6.24. The minimum atomic E-state index is -1.04. The summed E-state index contributed by atoms with van der Waals surface area (Å²) in [6, 6.07) is 0. The van der Waals surface area contributed by atoms with Gasteiger partial charge in [0.05, 0.1) is 19.1 Å². The van der Waals surface area contributed by atoms with E-state index in [2.05, 4.69) is 0 Å². The zero-order chi connectivity index (χ0) is 15.7. The van der Waals surface area contributed by atoms with E-state index >= 15 is 0 Å². The minimum absolute atomic E-state index is 0.0390. The molecule has 2 unspecified atom stereocenters. The third kappa shape index (κ3) is 3.24. The van der Waals surface area contributed by atoms with Gasteiger partial charge < -0.3 is 19.6 Å². The Labute approximate surface area is 129 Å². The maximum atomic E-state index is 12.6. The lowest BCUT2D eigenvalue weighted by Gasteiger charge is -2.37. The second-order valence-electron chi connectivity index (χ2n) is 6.38. The summed E-state index contributed by atoms with van der Waals surface area (Å²) >= 11 is 0. The predicted molar refractivity (Wildman–Crippen MR) is 76.0 cm³/mol. The van der Waals surface area contributed by atoms with Crippen LogP contribution in [-0.2, 0) is 19.1 Å². The van der Waals surface area contributed by atoms with Gasteiger partial charge in [0.15, 0.2) is 6.10 Å². The lowest BCUT2D eigenvalue weighted by molar-refractivity contribution is -0.161. The van der Waals surface area contributed by atoms with Crippen LogP contribution in [-0.4, -0.2) is 71.6 Å². The van der Waals surface area contributed by atoms with E-state index in [1.54, 1.807) is 4.90 Å². The van der Waals surface area contributed by atoms with Gasteiger partial charge in [-0.05, 0) is 25.7 Å². The quantitative estimate of drug-likeness (QED) is 0.789. The molecule has 0 spiro atoms. The highest BCUT2D eigenvalue weighted by Crippen LogP contribution is 2.32. The molecule has 3 rings (SSSR count). The van der Waals surface area contributed by atoms with Crippen molar-refractivity contribution in [3.63, 3.8) is 0 Å². The van der Waals surface area contributed by atoms with Gasteiger partial charge in [-0.1, -0.05) is 0 Å². The summed E-state index contributed by atoms with van der Waals surface area (Å²) in [6.07, 6.45) is 2.60. The Balaban J connectivity index is 1.58. The number of rotatable bonds is 3.